The van der Waals surface area contributed by atoms with Crippen LogP contribution in [0.15, 0.2) is 192 Å². The van der Waals surface area contributed by atoms with Gasteiger partial charge in [-0.3, -0.25) is 0 Å². The summed E-state index contributed by atoms with van der Waals surface area (Å²) in [5.74, 6) is 0. The first-order chi connectivity index (χ1) is 31.0. The van der Waals surface area contributed by atoms with Gasteiger partial charge in [0.25, 0.3) is 0 Å². The van der Waals surface area contributed by atoms with E-state index >= 15 is 0 Å². The molecule has 1 aromatic heterocycles. The van der Waals surface area contributed by atoms with Crippen LogP contribution in [0.2, 0.25) is 0 Å². The van der Waals surface area contributed by atoms with E-state index in [0.29, 0.717) is 0 Å². The zero-order valence-corrected chi connectivity index (χ0v) is 37.3. The van der Waals surface area contributed by atoms with Gasteiger partial charge in [0.1, 0.15) is 11.2 Å². The molecule has 2 aliphatic heterocycles. The third kappa shape index (κ3) is 5.96. The minimum absolute atomic E-state index is 0.0203. The van der Waals surface area contributed by atoms with Crippen molar-refractivity contribution in [1.82, 2.24) is 0 Å². The van der Waals surface area contributed by atoms with Gasteiger partial charge in [0, 0.05) is 50.7 Å². The summed E-state index contributed by atoms with van der Waals surface area (Å²) in [5, 5.41) is 4.71. The molecular formula is C60H49BN2O. The number of furan rings is 1. The molecule has 64 heavy (non-hydrogen) atoms. The summed E-state index contributed by atoms with van der Waals surface area (Å²) >= 11 is 0. The fourth-order valence-corrected chi connectivity index (χ4v) is 10.5. The molecule has 4 heteroatoms. The summed E-state index contributed by atoms with van der Waals surface area (Å²) < 4.78 is 6.77. The third-order valence-corrected chi connectivity index (χ3v) is 13.7. The lowest BCUT2D eigenvalue weighted by molar-refractivity contribution is 0.590. The highest BCUT2D eigenvalue weighted by atomic mass is 16.3. The highest BCUT2D eigenvalue weighted by Crippen LogP contribution is 2.52. The van der Waals surface area contributed by atoms with E-state index in [-0.39, 0.29) is 17.7 Å². The van der Waals surface area contributed by atoms with E-state index in [1.165, 1.54) is 77.6 Å². The number of fused-ring (bicyclic) bond motifs is 9. The second-order valence-corrected chi connectivity index (χ2v) is 19.8. The second-order valence-electron chi connectivity index (χ2n) is 19.8. The van der Waals surface area contributed by atoms with Crippen molar-refractivity contribution in [1.29, 1.82) is 0 Å². The molecule has 0 spiro atoms. The van der Waals surface area contributed by atoms with Crippen molar-refractivity contribution in [3.63, 3.8) is 0 Å². The molecule has 308 valence electrons. The maximum Gasteiger partial charge on any atom is 0.333 e. The van der Waals surface area contributed by atoms with E-state index in [1.54, 1.807) is 0 Å². The minimum atomic E-state index is -0.163. The Labute approximate surface area is 376 Å². The average molecular weight is 825 g/mol. The molecule has 3 heterocycles. The molecule has 12 rings (SSSR count). The Balaban J connectivity index is 1.24. The number of nitrogens with zero attached hydrogens (tertiary/aromatic N) is 2. The number of hydrogen-bond acceptors (Lipinski definition) is 3. The lowest BCUT2D eigenvalue weighted by Crippen LogP contribution is -2.61. The molecule has 0 radical (unpaired) electrons. The standard InChI is InChI=1S/C60H49BN2O/c1-59(2,3)42-26-29-44(30-27-42)63-52-31-25-40(38-17-9-7-10-18-38)33-49(52)57-45-22-14-13-21-41(45)34-54-58(57)61(63)50-36-48-46-23-15-16-24-55(46)64-56(48)37-53(50)62(54)51-32-28-43(60(4,5)6)35-47(51)39-19-11-8-12-20-39/h7-37H,1-6H3. The van der Waals surface area contributed by atoms with Crippen LogP contribution in [0.4, 0.5) is 28.4 Å². The normalized spacial score (nSPS) is 13.4. The summed E-state index contributed by atoms with van der Waals surface area (Å²) in [4.78, 5) is 5.19. The van der Waals surface area contributed by atoms with Crippen molar-refractivity contribution >= 4 is 78.9 Å². The van der Waals surface area contributed by atoms with Crippen LogP contribution in [0.25, 0.3) is 66.1 Å². The van der Waals surface area contributed by atoms with Crippen LogP contribution < -0.4 is 20.6 Å². The zero-order chi connectivity index (χ0) is 43.5. The Bertz CT molecular complexity index is 3460. The van der Waals surface area contributed by atoms with Crippen LogP contribution in [-0.2, 0) is 10.8 Å². The van der Waals surface area contributed by atoms with Crippen LogP contribution >= 0.6 is 0 Å². The molecule has 0 saturated heterocycles. The fourth-order valence-electron chi connectivity index (χ4n) is 10.5. The minimum Gasteiger partial charge on any atom is -0.456 e. The molecule has 0 aliphatic carbocycles. The Hall–Kier alpha value is -7.30. The Morgan fingerprint density at radius 2 is 1.06 bits per heavy atom. The van der Waals surface area contributed by atoms with Gasteiger partial charge in [-0.2, -0.15) is 0 Å². The molecule has 0 atom stereocenters. The molecule has 0 saturated carbocycles. The number of hydrogen-bond donors (Lipinski definition) is 0. The summed E-state index contributed by atoms with van der Waals surface area (Å²) in [6.07, 6.45) is 0. The summed E-state index contributed by atoms with van der Waals surface area (Å²) in [6.45, 7) is 13.6. The predicted octanol–water partition coefficient (Wildman–Crippen LogP) is 15.4. The third-order valence-electron chi connectivity index (χ3n) is 13.7. The van der Waals surface area contributed by atoms with Gasteiger partial charge in [-0.1, -0.05) is 175 Å². The van der Waals surface area contributed by atoms with Gasteiger partial charge in [-0.25, -0.2) is 0 Å². The summed E-state index contributed by atoms with van der Waals surface area (Å²) in [6, 6.07) is 70.0. The number of benzene rings is 9. The van der Waals surface area contributed by atoms with Crippen molar-refractivity contribution in [2.24, 2.45) is 0 Å². The van der Waals surface area contributed by atoms with E-state index in [0.717, 1.165) is 39.0 Å². The van der Waals surface area contributed by atoms with Crippen molar-refractivity contribution in [3.8, 4) is 33.4 Å². The van der Waals surface area contributed by atoms with Gasteiger partial charge in [0.2, 0.25) is 0 Å². The van der Waals surface area contributed by atoms with Crippen molar-refractivity contribution in [3.05, 3.63) is 199 Å². The van der Waals surface area contributed by atoms with E-state index in [2.05, 4.69) is 239 Å². The van der Waals surface area contributed by atoms with Crippen molar-refractivity contribution in [2.75, 3.05) is 9.71 Å². The van der Waals surface area contributed by atoms with Crippen LogP contribution in [0.1, 0.15) is 52.7 Å². The van der Waals surface area contributed by atoms with Crippen molar-refractivity contribution < 1.29 is 4.42 Å². The second kappa shape index (κ2) is 14.1. The molecule has 3 nitrogen and oxygen atoms in total. The monoisotopic (exact) mass is 824 g/mol. The predicted molar refractivity (Wildman–Crippen MR) is 273 cm³/mol. The zero-order valence-electron chi connectivity index (χ0n) is 37.3. The summed E-state index contributed by atoms with van der Waals surface area (Å²) in [7, 11) is 0. The Morgan fingerprint density at radius 3 is 1.80 bits per heavy atom. The molecule has 0 N–H and O–H groups in total. The van der Waals surface area contributed by atoms with E-state index < -0.39 is 0 Å². The highest BCUT2D eigenvalue weighted by molar-refractivity contribution is 6.94. The molecule has 10 aromatic rings. The maximum absolute atomic E-state index is 6.77. The Kier molecular flexibility index (Phi) is 8.46. The van der Waals surface area contributed by atoms with E-state index in [9.17, 15) is 0 Å². The van der Waals surface area contributed by atoms with Crippen LogP contribution in [0.3, 0.4) is 0 Å². The number of anilines is 5. The van der Waals surface area contributed by atoms with Gasteiger partial charge in [-0.05, 0) is 114 Å². The molecule has 9 aromatic carbocycles. The van der Waals surface area contributed by atoms with Gasteiger partial charge in [0.05, 0.1) is 5.69 Å². The van der Waals surface area contributed by atoms with Crippen LogP contribution in [-0.4, -0.2) is 6.85 Å². The van der Waals surface area contributed by atoms with Gasteiger partial charge in [0.15, 0.2) is 0 Å². The van der Waals surface area contributed by atoms with E-state index in [1.807, 2.05) is 0 Å². The first-order valence-corrected chi connectivity index (χ1v) is 22.6. The first-order valence-electron chi connectivity index (χ1n) is 22.6. The first kappa shape index (κ1) is 38.4. The molecule has 0 unspecified atom stereocenters. The van der Waals surface area contributed by atoms with Crippen molar-refractivity contribution in [2.45, 2.75) is 52.4 Å². The van der Waals surface area contributed by atoms with Gasteiger partial charge >= 0.3 is 6.85 Å². The van der Waals surface area contributed by atoms with Gasteiger partial charge < -0.3 is 14.1 Å². The topological polar surface area (TPSA) is 19.6 Å². The fraction of sp³-hybridized carbons (Fsp3) is 0.133. The van der Waals surface area contributed by atoms with E-state index in [4.69, 9.17) is 4.42 Å². The Morgan fingerprint density at radius 1 is 0.422 bits per heavy atom. The molecule has 2 aliphatic rings. The highest BCUT2D eigenvalue weighted by Gasteiger charge is 2.46. The molecule has 0 bridgehead atoms. The smallest absolute Gasteiger partial charge is 0.333 e. The quantitative estimate of drug-likeness (QED) is 0.165. The SMILES string of the molecule is CC(C)(C)c1ccc(N2B3c4cc5c(cc4N(c4ccc(C(C)(C)C)cc4-c4ccccc4)c4cc6ccccc6c(c43)-c3cc(-c4ccccc4)ccc32)oc2ccccc25)cc1. The number of para-hydroxylation sites is 1. The lowest BCUT2D eigenvalue weighted by Gasteiger charge is -2.46. The lowest BCUT2D eigenvalue weighted by atomic mass is 9.43. The van der Waals surface area contributed by atoms with Crippen LogP contribution in [0, 0.1) is 0 Å². The molecular weight excluding hydrogens is 775 g/mol. The average Bonchev–Trinajstić information content (AvgIpc) is 3.68. The van der Waals surface area contributed by atoms with Gasteiger partial charge in [-0.15, -0.1) is 0 Å². The largest absolute Gasteiger partial charge is 0.456 e. The summed E-state index contributed by atoms with van der Waals surface area (Å²) in [5.41, 5.74) is 20.0. The van der Waals surface area contributed by atoms with Crippen LogP contribution in [0.5, 0.6) is 0 Å². The number of rotatable bonds is 4. The maximum atomic E-state index is 6.77. The molecule has 0 fully saturated rings. The molecule has 0 amide bonds.